The molecule has 1 aliphatic rings. The van der Waals surface area contributed by atoms with Gasteiger partial charge in [0.05, 0.1) is 12.5 Å². The number of hydrogen-bond donors (Lipinski definition) is 2. The minimum absolute atomic E-state index is 0.0315. The highest BCUT2D eigenvalue weighted by Gasteiger charge is 2.26. The molecule has 0 saturated heterocycles. The number of aliphatic carboxylic acids is 1. The number of unbranched alkanes of at least 4 members (excludes halogenated alkanes) is 2. The zero-order chi connectivity index (χ0) is 15.1. The molecule has 2 rings (SSSR count). The Kier molecular flexibility index (Phi) is 5.60. The number of hydrogen-bond acceptors (Lipinski definition) is 3. The minimum Gasteiger partial charge on any atom is -0.493 e. The van der Waals surface area contributed by atoms with Crippen molar-refractivity contribution in [2.24, 2.45) is 0 Å². The standard InChI is InChI=1S/C16H21NO4/c18-15(19)8-2-1-5-10-17-16(20)13-9-11-21-14-7-4-3-6-12(13)14/h3-4,6-7,13H,1-2,5,8-11H2,(H,17,20)(H,18,19). The number of para-hydroxylation sites is 1. The summed E-state index contributed by atoms with van der Waals surface area (Å²) in [7, 11) is 0. The smallest absolute Gasteiger partial charge is 0.303 e. The van der Waals surface area contributed by atoms with Crippen LogP contribution in [0, 0.1) is 0 Å². The number of carboxylic acid groups (broad SMARTS) is 1. The number of carbonyl (C=O) groups excluding carboxylic acids is 1. The maximum atomic E-state index is 12.2. The Morgan fingerprint density at radius 2 is 2.05 bits per heavy atom. The van der Waals surface area contributed by atoms with Crippen molar-refractivity contribution in [1.82, 2.24) is 5.32 Å². The first-order valence-electron chi connectivity index (χ1n) is 7.39. The van der Waals surface area contributed by atoms with Gasteiger partial charge >= 0.3 is 5.97 Å². The lowest BCUT2D eigenvalue weighted by Gasteiger charge is -2.25. The Morgan fingerprint density at radius 1 is 1.24 bits per heavy atom. The van der Waals surface area contributed by atoms with Crippen LogP contribution in [-0.2, 0) is 9.59 Å². The Bertz CT molecular complexity index is 501. The average Bonchev–Trinajstić information content (AvgIpc) is 2.49. The molecule has 2 N–H and O–H groups in total. The van der Waals surface area contributed by atoms with Crippen LogP contribution in [0.5, 0.6) is 5.75 Å². The molecule has 114 valence electrons. The summed E-state index contributed by atoms with van der Waals surface area (Å²) in [5.74, 6) is -0.0823. The van der Waals surface area contributed by atoms with E-state index in [2.05, 4.69) is 5.32 Å². The summed E-state index contributed by atoms with van der Waals surface area (Å²) in [6.07, 6.45) is 3.18. The quantitative estimate of drug-likeness (QED) is 0.756. The van der Waals surface area contributed by atoms with Gasteiger partial charge in [0.2, 0.25) is 5.91 Å². The van der Waals surface area contributed by atoms with Crippen LogP contribution in [0.15, 0.2) is 24.3 Å². The van der Waals surface area contributed by atoms with Gasteiger partial charge in [-0.1, -0.05) is 24.6 Å². The van der Waals surface area contributed by atoms with Gasteiger partial charge in [-0.2, -0.15) is 0 Å². The average molecular weight is 291 g/mol. The Labute approximate surface area is 124 Å². The van der Waals surface area contributed by atoms with E-state index in [1.54, 1.807) is 0 Å². The van der Waals surface area contributed by atoms with Gasteiger partial charge in [-0.15, -0.1) is 0 Å². The van der Waals surface area contributed by atoms with E-state index in [-0.39, 0.29) is 18.2 Å². The van der Waals surface area contributed by atoms with Crippen LogP contribution in [0.2, 0.25) is 0 Å². The van der Waals surface area contributed by atoms with Crippen molar-refractivity contribution < 1.29 is 19.4 Å². The molecular formula is C16H21NO4. The third-order valence-corrected chi connectivity index (χ3v) is 3.64. The number of fused-ring (bicyclic) bond motifs is 1. The van der Waals surface area contributed by atoms with E-state index in [9.17, 15) is 9.59 Å². The molecule has 0 bridgehead atoms. The lowest BCUT2D eigenvalue weighted by Crippen LogP contribution is -2.33. The monoisotopic (exact) mass is 291 g/mol. The van der Waals surface area contributed by atoms with Crippen LogP contribution in [0.3, 0.4) is 0 Å². The van der Waals surface area contributed by atoms with E-state index >= 15 is 0 Å². The molecule has 0 aromatic heterocycles. The molecule has 1 aromatic rings. The van der Waals surface area contributed by atoms with Crippen LogP contribution in [0.25, 0.3) is 0 Å². The molecule has 1 aromatic carbocycles. The number of ether oxygens (including phenoxy) is 1. The normalized spacial score (nSPS) is 16.7. The zero-order valence-electron chi connectivity index (χ0n) is 12.0. The topological polar surface area (TPSA) is 75.6 Å². The van der Waals surface area contributed by atoms with Crippen molar-refractivity contribution in [3.63, 3.8) is 0 Å². The van der Waals surface area contributed by atoms with Crippen LogP contribution in [0.4, 0.5) is 0 Å². The Hall–Kier alpha value is -2.04. The third-order valence-electron chi connectivity index (χ3n) is 3.64. The van der Waals surface area contributed by atoms with Crippen molar-refractivity contribution in [1.29, 1.82) is 0 Å². The lowest BCUT2D eigenvalue weighted by atomic mass is 9.92. The Morgan fingerprint density at radius 3 is 2.86 bits per heavy atom. The first-order valence-corrected chi connectivity index (χ1v) is 7.39. The highest BCUT2D eigenvalue weighted by Crippen LogP contribution is 2.33. The van der Waals surface area contributed by atoms with Crippen molar-refractivity contribution in [3.05, 3.63) is 29.8 Å². The number of nitrogens with one attached hydrogen (secondary N) is 1. The second-order valence-corrected chi connectivity index (χ2v) is 5.22. The van der Waals surface area contributed by atoms with Crippen LogP contribution < -0.4 is 10.1 Å². The molecule has 1 atom stereocenters. The predicted octanol–water partition coefficient (Wildman–Crippen LogP) is 2.31. The molecule has 1 amide bonds. The fraction of sp³-hybridized carbons (Fsp3) is 0.500. The molecule has 0 radical (unpaired) electrons. The van der Waals surface area contributed by atoms with E-state index in [4.69, 9.17) is 9.84 Å². The summed E-state index contributed by atoms with van der Waals surface area (Å²) in [5.41, 5.74) is 0.951. The number of carboxylic acids is 1. The van der Waals surface area contributed by atoms with Crippen molar-refractivity contribution in [2.75, 3.05) is 13.2 Å². The summed E-state index contributed by atoms with van der Waals surface area (Å²) in [6, 6.07) is 7.65. The molecule has 0 fully saturated rings. The molecule has 5 nitrogen and oxygen atoms in total. The summed E-state index contributed by atoms with van der Waals surface area (Å²) in [4.78, 5) is 22.6. The molecule has 5 heteroatoms. The summed E-state index contributed by atoms with van der Waals surface area (Å²) >= 11 is 0. The van der Waals surface area contributed by atoms with Crippen molar-refractivity contribution in [2.45, 2.75) is 38.0 Å². The van der Waals surface area contributed by atoms with Gasteiger partial charge in [0.15, 0.2) is 0 Å². The van der Waals surface area contributed by atoms with Gasteiger partial charge in [-0.3, -0.25) is 9.59 Å². The number of benzene rings is 1. The minimum atomic E-state index is -0.766. The van der Waals surface area contributed by atoms with E-state index in [0.29, 0.717) is 26.0 Å². The summed E-state index contributed by atoms with van der Waals surface area (Å²) < 4.78 is 5.55. The van der Waals surface area contributed by atoms with E-state index in [0.717, 1.165) is 24.2 Å². The zero-order valence-corrected chi connectivity index (χ0v) is 12.0. The van der Waals surface area contributed by atoms with Gasteiger partial charge in [0.25, 0.3) is 0 Å². The number of carbonyl (C=O) groups is 2. The first kappa shape index (κ1) is 15.4. The third kappa shape index (κ3) is 4.48. The van der Waals surface area contributed by atoms with E-state index in [1.165, 1.54) is 0 Å². The molecule has 1 unspecified atom stereocenters. The van der Waals surface area contributed by atoms with Gasteiger partial charge in [-0.25, -0.2) is 0 Å². The van der Waals surface area contributed by atoms with E-state index in [1.807, 2.05) is 24.3 Å². The van der Waals surface area contributed by atoms with Crippen LogP contribution in [-0.4, -0.2) is 30.1 Å². The van der Waals surface area contributed by atoms with Gasteiger partial charge in [0, 0.05) is 18.5 Å². The SMILES string of the molecule is O=C(O)CCCCCNC(=O)C1CCOc2ccccc21. The van der Waals surface area contributed by atoms with Gasteiger partial charge in [0.1, 0.15) is 5.75 Å². The largest absolute Gasteiger partial charge is 0.493 e. The molecule has 0 spiro atoms. The van der Waals surface area contributed by atoms with Gasteiger partial charge < -0.3 is 15.2 Å². The molecule has 1 aliphatic heterocycles. The maximum Gasteiger partial charge on any atom is 0.303 e. The maximum absolute atomic E-state index is 12.2. The molecule has 21 heavy (non-hydrogen) atoms. The molecule has 0 aliphatic carbocycles. The first-order chi connectivity index (χ1) is 10.2. The summed E-state index contributed by atoms with van der Waals surface area (Å²) in [6.45, 7) is 1.16. The second-order valence-electron chi connectivity index (χ2n) is 5.22. The fourth-order valence-electron chi connectivity index (χ4n) is 2.53. The second kappa shape index (κ2) is 7.67. The number of amides is 1. The fourth-order valence-corrected chi connectivity index (χ4v) is 2.53. The van der Waals surface area contributed by atoms with Gasteiger partial charge in [-0.05, 0) is 25.3 Å². The predicted molar refractivity (Wildman–Crippen MR) is 78.4 cm³/mol. The van der Waals surface area contributed by atoms with Crippen molar-refractivity contribution >= 4 is 11.9 Å². The Balaban J connectivity index is 1.76. The molecule has 0 saturated carbocycles. The molecule has 1 heterocycles. The highest BCUT2D eigenvalue weighted by molar-refractivity contribution is 5.84. The summed E-state index contributed by atoms with van der Waals surface area (Å²) in [5, 5.41) is 11.5. The highest BCUT2D eigenvalue weighted by atomic mass is 16.5. The van der Waals surface area contributed by atoms with Crippen LogP contribution in [0.1, 0.15) is 43.6 Å². The van der Waals surface area contributed by atoms with Crippen molar-refractivity contribution in [3.8, 4) is 5.75 Å². The molecular weight excluding hydrogens is 270 g/mol. The van der Waals surface area contributed by atoms with E-state index < -0.39 is 5.97 Å². The lowest BCUT2D eigenvalue weighted by molar-refractivity contribution is -0.137. The van der Waals surface area contributed by atoms with Crippen LogP contribution >= 0.6 is 0 Å². The number of rotatable bonds is 7.